The number of β-lactam (4-membered cyclic amide) rings is 1. The fraction of sp³-hybridized carbons (Fsp3) is 0.217. The van der Waals surface area contributed by atoms with E-state index in [4.69, 9.17) is 10.5 Å². The Kier molecular flexibility index (Phi) is 6.13. The molecule has 30 heavy (non-hydrogen) atoms. The molecule has 0 radical (unpaired) electrons. The zero-order valence-electron chi connectivity index (χ0n) is 16.7. The van der Waals surface area contributed by atoms with Crippen LogP contribution in [0.3, 0.4) is 0 Å². The average molecular weight is 443 g/mol. The SMILES string of the molecule is C=C(C)C1=C(C(=O)OC)N2C(=O)C(N)(c3ccccc3)[C@@H]2SC1c1ccccc1.Cl. The second-order valence-electron chi connectivity index (χ2n) is 7.22. The van der Waals surface area contributed by atoms with Gasteiger partial charge in [-0.3, -0.25) is 9.69 Å². The van der Waals surface area contributed by atoms with Crippen LogP contribution < -0.4 is 5.73 Å². The van der Waals surface area contributed by atoms with E-state index in [0.29, 0.717) is 11.1 Å². The van der Waals surface area contributed by atoms with Crippen LogP contribution in [0.4, 0.5) is 0 Å². The number of benzene rings is 2. The molecule has 156 valence electrons. The standard InChI is InChI=1S/C23H22N2O3S.ClH/c1-14(2)17-18(20(26)28-3)25-21(27)23(24,16-12-8-5-9-13-16)22(25)29-19(17)15-10-6-4-7-11-15;/h4-13,19,22H,1,24H2,2-3H3;1H/t19?,22-,23?;/m0./s1. The predicted octanol–water partition coefficient (Wildman–Crippen LogP) is 3.92. The fourth-order valence-electron chi connectivity index (χ4n) is 3.97. The second kappa shape index (κ2) is 8.30. The number of ether oxygens (including phenoxy) is 1. The van der Waals surface area contributed by atoms with Gasteiger partial charge >= 0.3 is 5.97 Å². The highest BCUT2D eigenvalue weighted by Gasteiger charge is 2.64. The van der Waals surface area contributed by atoms with E-state index in [1.165, 1.54) is 12.0 Å². The van der Waals surface area contributed by atoms with Crippen molar-refractivity contribution in [1.29, 1.82) is 0 Å². The first-order chi connectivity index (χ1) is 13.9. The number of thioether (sulfide) groups is 1. The van der Waals surface area contributed by atoms with E-state index in [9.17, 15) is 9.59 Å². The smallest absolute Gasteiger partial charge is 0.355 e. The number of nitrogens with two attached hydrogens (primary N) is 1. The van der Waals surface area contributed by atoms with Gasteiger partial charge in [0.15, 0.2) is 5.54 Å². The minimum atomic E-state index is -1.21. The van der Waals surface area contributed by atoms with Gasteiger partial charge in [-0.1, -0.05) is 72.8 Å². The Morgan fingerprint density at radius 3 is 2.23 bits per heavy atom. The number of esters is 1. The van der Waals surface area contributed by atoms with Crippen LogP contribution in [0, 0.1) is 0 Å². The summed E-state index contributed by atoms with van der Waals surface area (Å²) in [6, 6.07) is 19.2. The van der Waals surface area contributed by atoms with Gasteiger partial charge in [-0.25, -0.2) is 4.79 Å². The van der Waals surface area contributed by atoms with Crippen molar-refractivity contribution in [3.63, 3.8) is 0 Å². The number of carbonyl (C=O) groups is 2. The van der Waals surface area contributed by atoms with Crippen molar-refractivity contribution in [3.05, 3.63) is 95.2 Å². The highest BCUT2D eigenvalue weighted by Crippen LogP contribution is 2.57. The Morgan fingerprint density at radius 2 is 1.70 bits per heavy atom. The molecule has 1 saturated heterocycles. The molecule has 2 N–H and O–H groups in total. The van der Waals surface area contributed by atoms with Gasteiger partial charge in [0.05, 0.1) is 12.4 Å². The van der Waals surface area contributed by atoms with E-state index < -0.39 is 16.9 Å². The van der Waals surface area contributed by atoms with E-state index in [2.05, 4.69) is 6.58 Å². The van der Waals surface area contributed by atoms with Gasteiger partial charge in [0.2, 0.25) is 0 Å². The summed E-state index contributed by atoms with van der Waals surface area (Å²) in [5.41, 5.74) is 8.87. The van der Waals surface area contributed by atoms with Crippen molar-refractivity contribution < 1.29 is 14.3 Å². The molecule has 2 heterocycles. The molecular weight excluding hydrogens is 420 g/mol. The summed E-state index contributed by atoms with van der Waals surface area (Å²) < 4.78 is 5.05. The Balaban J connectivity index is 0.00000256. The molecule has 2 aromatic carbocycles. The summed E-state index contributed by atoms with van der Waals surface area (Å²) >= 11 is 1.56. The van der Waals surface area contributed by atoms with Crippen LogP contribution in [0.2, 0.25) is 0 Å². The molecule has 0 aromatic heterocycles. The molecule has 4 rings (SSSR count). The van der Waals surface area contributed by atoms with Crippen molar-refractivity contribution in [1.82, 2.24) is 4.90 Å². The van der Waals surface area contributed by atoms with Gasteiger partial charge in [-0.05, 0) is 18.1 Å². The van der Waals surface area contributed by atoms with Crippen molar-refractivity contribution in [2.75, 3.05) is 7.11 Å². The van der Waals surface area contributed by atoms with Crippen molar-refractivity contribution >= 4 is 36.0 Å². The van der Waals surface area contributed by atoms with Crippen LogP contribution in [0.5, 0.6) is 0 Å². The summed E-state index contributed by atoms with van der Waals surface area (Å²) in [6.45, 7) is 5.92. The number of allylic oxidation sites excluding steroid dienone is 1. The van der Waals surface area contributed by atoms with Crippen LogP contribution >= 0.6 is 24.2 Å². The molecule has 0 aliphatic carbocycles. The number of amides is 1. The first-order valence-corrected chi connectivity index (χ1v) is 10.2. The van der Waals surface area contributed by atoms with Crippen LogP contribution in [-0.4, -0.2) is 29.3 Å². The lowest BCUT2D eigenvalue weighted by molar-refractivity contribution is -0.156. The van der Waals surface area contributed by atoms with Crippen molar-refractivity contribution in [2.24, 2.45) is 5.73 Å². The molecule has 5 nitrogen and oxygen atoms in total. The Bertz CT molecular complexity index is 1030. The topological polar surface area (TPSA) is 72.6 Å². The van der Waals surface area contributed by atoms with E-state index in [1.807, 2.05) is 67.6 Å². The van der Waals surface area contributed by atoms with Gasteiger partial charge in [0.1, 0.15) is 11.1 Å². The zero-order chi connectivity index (χ0) is 20.8. The number of hydrogen-bond donors (Lipinski definition) is 1. The first kappa shape index (κ1) is 22.2. The molecule has 2 unspecified atom stereocenters. The molecule has 3 atom stereocenters. The molecule has 0 spiro atoms. The molecule has 1 fully saturated rings. The molecule has 0 bridgehead atoms. The monoisotopic (exact) mass is 442 g/mol. The number of rotatable bonds is 4. The zero-order valence-corrected chi connectivity index (χ0v) is 18.3. The van der Waals surface area contributed by atoms with E-state index in [0.717, 1.165) is 11.1 Å². The number of halogens is 1. The van der Waals surface area contributed by atoms with Gasteiger partial charge in [-0.15, -0.1) is 24.2 Å². The van der Waals surface area contributed by atoms with E-state index in [-0.39, 0.29) is 29.3 Å². The number of fused-ring (bicyclic) bond motifs is 1. The summed E-state index contributed by atoms with van der Waals surface area (Å²) in [5.74, 6) is -0.871. The first-order valence-electron chi connectivity index (χ1n) is 9.28. The minimum Gasteiger partial charge on any atom is -0.464 e. The van der Waals surface area contributed by atoms with Gasteiger partial charge in [-0.2, -0.15) is 0 Å². The number of carbonyl (C=O) groups excluding carboxylic acids is 2. The number of nitrogens with zero attached hydrogens (tertiary/aromatic N) is 1. The Labute approximate surface area is 186 Å². The third-order valence-electron chi connectivity index (χ3n) is 5.41. The van der Waals surface area contributed by atoms with Crippen molar-refractivity contribution in [2.45, 2.75) is 23.1 Å². The summed E-state index contributed by atoms with van der Waals surface area (Å²) in [6.07, 6.45) is 0. The van der Waals surface area contributed by atoms with Gasteiger partial charge in [0.25, 0.3) is 5.91 Å². The van der Waals surface area contributed by atoms with Crippen LogP contribution in [-0.2, 0) is 19.9 Å². The Hall–Kier alpha value is -2.54. The van der Waals surface area contributed by atoms with Gasteiger partial charge < -0.3 is 10.5 Å². The van der Waals surface area contributed by atoms with E-state index >= 15 is 0 Å². The lowest BCUT2D eigenvalue weighted by Gasteiger charge is -2.57. The quantitative estimate of drug-likeness (QED) is 0.573. The predicted molar refractivity (Wildman–Crippen MR) is 121 cm³/mol. The van der Waals surface area contributed by atoms with Crippen LogP contribution in [0.15, 0.2) is 84.1 Å². The summed E-state index contributed by atoms with van der Waals surface area (Å²) in [4.78, 5) is 27.5. The summed E-state index contributed by atoms with van der Waals surface area (Å²) in [5, 5.41) is -0.622. The maximum atomic E-state index is 13.3. The molecule has 0 saturated carbocycles. The van der Waals surface area contributed by atoms with Crippen molar-refractivity contribution in [3.8, 4) is 0 Å². The maximum absolute atomic E-state index is 13.3. The number of methoxy groups -OCH3 is 1. The second-order valence-corrected chi connectivity index (χ2v) is 8.41. The third-order valence-corrected chi connectivity index (χ3v) is 7.03. The molecular formula is C23H23ClN2O3S. The molecule has 1 amide bonds. The largest absolute Gasteiger partial charge is 0.464 e. The molecule has 2 aliphatic rings. The number of hydrogen-bond acceptors (Lipinski definition) is 5. The van der Waals surface area contributed by atoms with Gasteiger partial charge in [0, 0.05) is 5.57 Å². The molecule has 7 heteroatoms. The fourth-order valence-corrected chi connectivity index (χ4v) is 5.77. The average Bonchev–Trinajstić information content (AvgIpc) is 2.77. The summed E-state index contributed by atoms with van der Waals surface area (Å²) in [7, 11) is 1.32. The van der Waals surface area contributed by atoms with E-state index in [1.54, 1.807) is 11.8 Å². The molecule has 2 aromatic rings. The highest BCUT2D eigenvalue weighted by atomic mass is 35.5. The minimum absolute atomic E-state index is 0. The lowest BCUT2D eigenvalue weighted by Crippen LogP contribution is -2.75. The maximum Gasteiger partial charge on any atom is 0.355 e. The Morgan fingerprint density at radius 1 is 1.13 bits per heavy atom. The third kappa shape index (κ3) is 3.16. The highest BCUT2D eigenvalue weighted by molar-refractivity contribution is 8.00. The van der Waals surface area contributed by atoms with Crippen LogP contribution in [0.1, 0.15) is 23.3 Å². The molecule has 2 aliphatic heterocycles. The normalized spacial score (nSPS) is 25.0. The van der Waals surface area contributed by atoms with Crippen LogP contribution in [0.25, 0.3) is 0 Å². The lowest BCUT2D eigenvalue weighted by atomic mass is 9.80.